The predicted octanol–water partition coefficient (Wildman–Crippen LogP) is 4.46. The van der Waals surface area contributed by atoms with Crippen LogP contribution in [0.3, 0.4) is 0 Å². The van der Waals surface area contributed by atoms with E-state index in [1.54, 1.807) is 19.2 Å². The lowest BCUT2D eigenvalue weighted by molar-refractivity contribution is -0.139. The van der Waals surface area contributed by atoms with Crippen molar-refractivity contribution in [2.45, 2.75) is 25.8 Å². The van der Waals surface area contributed by atoms with Crippen LogP contribution in [-0.4, -0.2) is 34.8 Å². The van der Waals surface area contributed by atoms with Crippen LogP contribution < -0.4 is 0 Å². The number of esters is 1. The highest BCUT2D eigenvalue weighted by molar-refractivity contribution is 9.10. The van der Waals surface area contributed by atoms with Crippen molar-refractivity contribution in [2.24, 2.45) is 4.99 Å². The van der Waals surface area contributed by atoms with Crippen molar-refractivity contribution in [1.82, 2.24) is 9.88 Å². The van der Waals surface area contributed by atoms with Gasteiger partial charge in [0.1, 0.15) is 11.9 Å². The third-order valence-corrected chi connectivity index (χ3v) is 6.04. The summed E-state index contributed by atoms with van der Waals surface area (Å²) in [4.78, 5) is 24.2. The van der Waals surface area contributed by atoms with Gasteiger partial charge in [-0.3, -0.25) is 4.99 Å². The molecule has 8 heteroatoms. The maximum absolute atomic E-state index is 13.6. The van der Waals surface area contributed by atoms with E-state index in [0.29, 0.717) is 10.0 Å². The zero-order valence-corrected chi connectivity index (χ0v) is 17.0. The summed E-state index contributed by atoms with van der Waals surface area (Å²) in [5.41, 5.74) is 2.18. The molecule has 1 fully saturated rings. The second kappa shape index (κ2) is 7.52. The smallest absolute Gasteiger partial charge is 0.338 e. The number of amidine groups is 1. The van der Waals surface area contributed by atoms with Gasteiger partial charge in [-0.25, -0.2) is 14.2 Å². The Morgan fingerprint density at radius 3 is 3.04 bits per heavy atom. The number of fused-ring (bicyclic) bond motifs is 1. The minimum absolute atomic E-state index is 0.288. The highest BCUT2D eigenvalue weighted by atomic mass is 79.9. The van der Waals surface area contributed by atoms with Crippen molar-refractivity contribution in [2.75, 3.05) is 13.2 Å². The second-order valence-corrected chi connectivity index (χ2v) is 7.94. The van der Waals surface area contributed by atoms with Gasteiger partial charge in [0.05, 0.1) is 12.2 Å². The third-order valence-electron chi connectivity index (χ3n) is 4.59. The van der Waals surface area contributed by atoms with Crippen LogP contribution in [0.25, 0.3) is 0 Å². The molecule has 27 heavy (non-hydrogen) atoms. The first-order valence-corrected chi connectivity index (χ1v) is 10.4. The van der Waals surface area contributed by atoms with E-state index in [-0.39, 0.29) is 18.4 Å². The van der Waals surface area contributed by atoms with E-state index in [1.165, 1.54) is 23.5 Å². The Bertz CT molecular complexity index is 942. The van der Waals surface area contributed by atoms with Crippen molar-refractivity contribution in [3.8, 4) is 0 Å². The van der Waals surface area contributed by atoms with Crippen LogP contribution >= 0.6 is 27.3 Å². The maximum Gasteiger partial charge on any atom is 0.338 e. The fourth-order valence-corrected chi connectivity index (χ4v) is 4.70. The number of rotatable bonds is 4. The highest BCUT2D eigenvalue weighted by Crippen LogP contribution is 2.42. The van der Waals surface area contributed by atoms with Gasteiger partial charge in [0, 0.05) is 28.3 Å². The van der Waals surface area contributed by atoms with Crippen molar-refractivity contribution in [3.63, 3.8) is 0 Å². The fourth-order valence-electron chi connectivity index (χ4n) is 3.49. The molecule has 0 radical (unpaired) electrons. The molecule has 1 atom stereocenters. The molecule has 2 aromatic rings. The molecular weight excluding hydrogens is 433 g/mol. The number of carbonyl (C=O) groups excluding carboxylic acids is 1. The molecule has 0 saturated carbocycles. The molecule has 0 amide bonds. The molecule has 0 spiro atoms. The summed E-state index contributed by atoms with van der Waals surface area (Å²) in [6.07, 6.45) is 3.44. The second-order valence-electron chi connectivity index (χ2n) is 6.19. The number of hydrogen-bond donors (Lipinski definition) is 0. The summed E-state index contributed by atoms with van der Waals surface area (Å²) in [6.45, 7) is 2.86. The van der Waals surface area contributed by atoms with Crippen LogP contribution in [0, 0.1) is 5.82 Å². The van der Waals surface area contributed by atoms with Gasteiger partial charge < -0.3 is 9.64 Å². The van der Waals surface area contributed by atoms with E-state index in [1.807, 2.05) is 5.38 Å². The minimum Gasteiger partial charge on any atom is -0.463 e. The molecule has 140 valence electrons. The van der Waals surface area contributed by atoms with Gasteiger partial charge in [0.25, 0.3) is 0 Å². The summed E-state index contributed by atoms with van der Waals surface area (Å²) in [6, 6.07) is 3.87. The lowest BCUT2D eigenvalue weighted by Crippen LogP contribution is -2.35. The van der Waals surface area contributed by atoms with Gasteiger partial charge >= 0.3 is 5.97 Å². The number of benzene rings is 1. The number of halogens is 2. The van der Waals surface area contributed by atoms with Crippen LogP contribution in [0.15, 0.2) is 50.5 Å². The molecule has 0 aliphatic carbocycles. The fraction of sp³-hybridized carbons (Fsp3) is 0.316. The summed E-state index contributed by atoms with van der Waals surface area (Å²) in [7, 11) is 0. The van der Waals surface area contributed by atoms with Crippen molar-refractivity contribution < 1.29 is 13.9 Å². The van der Waals surface area contributed by atoms with E-state index in [4.69, 9.17) is 9.73 Å². The van der Waals surface area contributed by atoms with Crippen molar-refractivity contribution >= 4 is 39.1 Å². The summed E-state index contributed by atoms with van der Waals surface area (Å²) >= 11 is 4.94. The third kappa shape index (κ3) is 3.32. The molecule has 5 nitrogen and oxygen atoms in total. The zero-order valence-electron chi connectivity index (χ0n) is 14.6. The number of carbonyl (C=O) groups is 1. The summed E-state index contributed by atoms with van der Waals surface area (Å²) in [5, 5.41) is 2.71. The number of thiazole rings is 1. The molecule has 0 unspecified atom stereocenters. The molecule has 1 aromatic carbocycles. The summed E-state index contributed by atoms with van der Waals surface area (Å²) in [5.74, 6) is 0.0349. The Morgan fingerprint density at radius 2 is 2.33 bits per heavy atom. The van der Waals surface area contributed by atoms with Crippen molar-refractivity contribution in [1.29, 1.82) is 0 Å². The van der Waals surface area contributed by atoms with Gasteiger partial charge in [0.2, 0.25) is 0 Å². The van der Waals surface area contributed by atoms with Gasteiger partial charge in [0.15, 0.2) is 10.8 Å². The molecule has 1 saturated heterocycles. The lowest BCUT2D eigenvalue weighted by atomic mass is 9.94. The van der Waals surface area contributed by atoms with Gasteiger partial charge in [-0.05, 0) is 37.5 Å². The first kappa shape index (κ1) is 18.3. The number of allylic oxidation sites excluding steroid dienone is 1. The van der Waals surface area contributed by atoms with E-state index in [0.717, 1.165) is 41.5 Å². The molecule has 0 N–H and O–H groups in total. The van der Waals surface area contributed by atoms with Crippen molar-refractivity contribution in [3.05, 3.63) is 61.9 Å². The maximum atomic E-state index is 13.6. The number of aromatic nitrogens is 1. The SMILES string of the molecule is CCOC(=O)C1=C2CCCN2C(c2nccs2)=N[C@H]1c1ccc(F)cc1Br. The molecule has 1 aromatic heterocycles. The molecule has 3 heterocycles. The van der Waals surface area contributed by atoms with Crippen LogP contribution in [0.2, 0.25) is 0 Å². The van der Waals surface area contributed by atoms with E-state index in [2.05, 4.69) is 25.8 Å². The first-order chi connectivity index (χ1) is 13.1. The lowest BCUT2D eigenvalue weighted by Gasteiger charge is -2.31. The Kier molecular flexibility index (Phi) is 5.10. The monoisotopic (exact) mass is 449 g/mol. The molecular formula is C19H17BrFN3O2S. The Labute approximate surface area is 168 Å². The first-order valence-electron chi connectivity index (χ1n) is 8.70. The average Bonchev–Trinajstić information content (AvgIpc) is 3.32. The number of nitrogens with zero attached hydrogens (tertiary/aromatic N) is 3. The highest BCUT2D eigenvalue weighted by Gasteiger charge is 2.39. The van der Waals surface area contributed by atoms with Gasteiger partial charge in [-0.2, -0.15) is 0 Å². The Hall–Kier alpha value is -2.06. The Balaban J connectivity index is 1.89. The average molecular weight is 450 g/mol. The standard InChI is InChI=1S/C19H17BrFN3O2S/c1-2-26-19(25)15-14-4-3-8-24(14)17(18-22-7-9-27-18)23-16(15)12-6-5-11(21)10-13(12)20/h5-7,9-10,16H,2-4,8H2,1H3/t16-/m0/s1. The zero-order chi connectivity index (χ0) is 19.0. The van der Waals surface area contributed by atoms with E-state index in [9.17, 15) is 9.18 Å². The Morgan fingerprint density at radius 1 is 1.48 bits per heavy atom. The molecule has 2 aliphatic heterocycles. The molecule has 2 aliphatic rings. The largest absolute Gasteiger partial charge is 0.463 e. The normalized spacial score (nSPS) is 19.1. The van der Waals surface area contributed by atoms with Gasteiger partial charge in [-0.15, -0.1) is 11.3 Å². The number of hydrogen-bond acceptors (Lipinski definition) is 6. The molecule has 0 bridgehead atoms. The summed E-state index contributed by atoms with van der Waals surface area (Å²) < 4.78 is 19.5. The molecule has 4 rings (SSSR count). The topological polar surface area (TPSA) is 54.8 Å². The van der Waals surface area contributed by atoms with E-state index >= 15 is 0 Å². The van der Waals surface area contributed by atoms with E-state index < -0.39 is 6.04 Å². The van der Waals surface area contributed by atoms with Crippen LogP contribution in [-0.2, 0) is 9.53 Å². The predicted molar refractivity (Wildman–Crippen MR) is 105 cm³/mol. The van der Waals surface area contributed by atoms with Crippen LogP contribution in [0.5, 0.6) is 0 Å². The van der Waals surface area contributed by atoms with Crippen LogP contribution in [0.1, 0.15) is 36.4 Å². The number of aliphatic imine (C=N–C) groups is 1. The van der Waals surface area contributed by atoms with Gasteiger partial charge in [-0.1, -0.05) is 22.0 Å². The van der Waals surface area contributed by atoms with Crippen LogP contribution in [0.4, 0.5) is 4.39 Å². The number of ether oxygens (including phenoxy) is 1. The quantitative estimate of drug-likeness (QED) is 0.646. The minimum atomic E-state index is -0.567.